The van der Waals surface area contributed by atoms with E-state index in [2.05, 4.69) is 23.9 Å². The second-order valence-corrected chi connectivity index (χ2v) is 4.82. The zero-order valence-electron chi connectivity index (χ0n) is 11.0. The van der Waals surface area contributed by atoms with Gasteiger partial charge in [0.05, 0.1) is 5.69 Å². The molecule has 96 valence electrons. The third-order valence-electron chi connectivity index (χ3n) is 3.19. The molecule has 0 amide bonds. The second-order valence-electron chi connectivity index (χ2n) is 4.39. The zero-order valence-corrected chi connectivity index (χ0v) is 11.8. The quantitative estimate of drug-likeness (QED) is 0.919. The van der Waals surface area contributed by atoms with Crippen molar-refractivity contribution in [3.63, 3.8) is 0 Å². The van der Waals surface area contributed by atoms with Crippen LogP contribution in [0.2, 0.25) is 5.02 Å². The van der Waals surface area contributed by atoms with E-state index < -0.39 is 0 Å². The Kier molecular flexibility index (Phi) is 4.04. The van der Waals surface area contributed by atoms with Crippen molar-refractivity contribution in [2.45, 2.75) is 13.3 Å². The number of hydrogen-bond acceptors (Lipinski definition) is 2. The number of imidazole rings is 1. The first-order valence-corrected chi connectivity index (χ1v) is 6.44. The standard InChI is InChI=1S/C14H18ClN3/c1-10-13(8-9-16-2)17-14(18(10)3)11-4-6-12(15)7-5-11/h4-7,16H,8-9H2,1-3H3. The fourth-order valence-corrected chi connectivity index (χ4v) is 2.10. The van der Waals surface area contributed by atoms with Crippen LogP contribution < -0.4 is 5.32 Å². The lowest BCUT2D eigenvalue weighted by molar-refractivity contribution is 0.772. The van der Waals surface area contributed by atoms with Crippen LogP contribution in [0, 0.1) is 6.92 Å². The highest BCUT2D eigenvalue weighted by Gasteiger charge is 2.12. The molecule has 0 aliphatic rings. The van der Waals surface area contributed by atoms with Gasteiger partial charge in [0.15, 0.2) is 0 Å². The Bertz CT molecular complexity index is 529. The van der Waals surface area contributed by atoms with Gasteiger partial charge in [-0.1, -0.05) is 11.6 Å². The van der Waals surface area contributed by atoms with Crippen LogP contribution in [0.15, 0.2) is 24.3 Å². The average molecular weight is 264 g/mol. The lowest BCUT2D eigenvalue weighted by Crippen LogP contribution is -2.11. The number of rotatable bonds is 4. The first kappa shape index (κ1) is 13.1. The van der Waals surface area contributed by atoms with Gasteiger partial charge in [-0.2, -0.15) is 0 Å². The topological polar surface area (TPSA) is 29.9 Å². The molecule has 0 unspecified atom stereocenters. The van der Waals surface area contributed by atoms with Gasteiger partial charge >= 0.3 is 0 Å². The van der Waals surface area contributed by atoms with Crippen molar-refractivity contribution in [2.24, 2.45) is 7.05 Å². The monoisotopic (exact) mass is 263 g/mol. The summed E-state index contributed by atoms with van der Waals surface area (Å²) < 4.78 is 2.13. The Morgan fingerprint density at radius 1 is 1.28 bits per heavy atom. The van der Waals surface area contributed by atoms with Crippen molar-refractivity contribution in [2.75, 3.05) is 13.6 Å². The molecule has 0 saturated carbocycles. The summed E-state index contributed by atoms with van der Waals surface area (Å²) in [5, 5.41) is 3.90. The van der Waals surface area contributed by atoms with Gasteiger partial charge in [-0.3, -0.25) is 0 Å². The SMILES string of the molecule is CNCCc1nc(-c2ccc(Cl)cc2)n(C)c1C. The van der Waals surface area contributed by atoms with Crippen molar-refractivity contribution in [3.05, 3.63) is 40.7 Å². The van der Waals surface area contributed by atoms with Gasteiger partial charge in [0.25, 0.3) is 0 Å². The molecule has 0 atom stereocenters. The van der Waals surface area contributed by atoms with E-state index in [4.69, 9.17) is 16.6 Å². The van der Waals surface area contributed by atoms with Gasteiger partial charge in [0.2, 0.25) is 0 Å². The molecule has 2 aromatic rings. The smallest absolute Gasteiger partial charge is 0.140 e. The summed E-state index contributed by atoms with van der Waals surface area (Å²) in [7, 11) is 4.01. The summed E-state index contributed by atoms with van der Waals surface area (Å²) in [6, 6.07) is 7.81. The molecule has 1 heterocycles. The third-order valence-corrected chi connectivity index (χ3v) is 3.45. The van der Waals surface area contributed by atoms with Crippen LogP contribution in [0.5, 0.6) is 0 Å². The van der Waals surface area contributed by atoms with Gasteiger partial charge in [-0.15, -0.1) is 0 Å². The third kappa shape index (κ3) is 2.57. The molecule has 2 rings (SSSR count). The Morgan fingerprint density at radius 2 is 1.94 bits per heavy atom. The molecule has 1 aromatic carbocycles. The normalized spacial score (nSPS) is 10.9. The van der Waals surface area contributed by atoms with Gasteiger partial charge < -0.3 is 9.88 Å². The van der Waals surface area contributed by atoms with E-state index in [0.29, 0.717) is 0 Å². The molecule has 0 aliphatic carbocycles. The van der Waals surface area contributed by atoms with Gasteiger partial charge in [-0.05, 0) is 38.2 Å². The summed E-state index contributed by atoms with van der Waals surface area (Å²) >= 11 is 5.91. The van der Waals surface area contributed by atoms with Crippen LogP contribution in [0.3, 0.4) is 0 Å². The minimum atomic E-state index is 0.750. The number of aromatic nitrogens is 2. The Hall–Kier alpha value is -1.32. The highest BCUT2D eigenvalue weighted by atomic mass is 35.5. The molecule has 0 fully saturated rings. The van der Waals surface area contributed by atoms with E-state index in [1.807, 2.05) is 31.3 Å². The number of hydrogen-bond donors (Lipinski definition) is 1. The molecule has 0 bridgehead atoms. The molecule has 4 heteroatoms. The predicted octanol–water partition coefficient (Wildman–Crippen LogP) is 2.81. The average Bonchev–Trinajstić information content (AvgIpc) is 2.65. The van der Waals surface area contributed by atoms with E-state index in [0.717, 1.165) is 35.1 Å². The maximum Gasteiger partial charge on any atom is 0.140 e. The lowest BCUT2D eigenvalue weighted by Gasteiger charge is -2.03. The van der Waals surface area contributed by atoms with Crippen molar-refractivity contribution in [1.82, 2.24) is 14.9 Å². The summed E-state index contributed by atoms with van der Waals surface area (Å²) in [6.45, 7) is 3.05. The van der Waals surface area contributed by atoms with Gasteiger partial charge in [0.1, 0.15) is 5.82 Å². The van der Waals surface area contributed by atoms with Crippen molar-refractivity contribution in [3.8, 4) is 11.4 Å². The van der Waals surface area contributed by atoms with Crippen LogP contribution in [0.1, 0.15) is 11.4 Å². The summed E-state index contributed by atoms with van der Waals surface area (Å²) in [5.41, 5.74) is 3.47. The number of nitrogens with one attached hydrogen (secondary N) is 1. The molecule has 3 nitrogen and oxygen atoms in total. The largest absolute Gasteiger partial charge is 0.331 e. The number of likely N-dealkylation sites (N-methyl/N-ethyl adjacent to an activating group) is 1. The maximum absolute atomic E-state index is 5.91. The van der Waals surface area contributed by atoms with Crippen LogP contribution in [-0.2, 0) is 13.5 Å². The van der Waals surface area contributed by atoms with Gasteiger partial charge in [0, 0.05) is 36.3 Å². The molecule has 0 spiro atoms. The molecular formula is C14H18ClN3. The maximum atomic E-state index is 5.91. The van der Waals surface area contributed by atoms with Crippen LogP contribution in [-0.4, -0.2) is 23.1 Å². The Labute approximate surface area is 113 Å². The van der Waals surface area contributed by atoms with E-state index in [9.17, 15) is 0 Å². The lowest BCUT2D eigenvalue weighted by atomic mass is 10.2. The molecule has 1 aromatic heterocycles. The first-order valence-electron chi connectivity index (χ1n) is 6.06. The van der Waals surface area contributed by atoms with E-state index in [1.165, 1.54) is 5.69 Å². The zero-order chi connectivity index (χ0) is 13.1. The minimum Gasteiger partial charge on any atom is -0.331 e. The first-order chi connectivity index (χ1) is 8.63. The van der Waals surface area contributed by atoms with Crippen molar-refractivity contribution in [1.29, 1.82) is 0 Å². The molecule has 0 saturated heterocycles. The van der Waals surface area contributed by atoms with Crippen LogP contribution in [0.4, 0.5) is 0 Å². The second kappa shape index (κ2) is 5.55. The van der Waals surface area contributed by atoms with Crippen molar-refractivity contribution < 1.29 is 0 Å². The molecular weight excluding hydrogens is 246 g/mol. The van der Waals surface area contributed by atoms with E-state index in [1.54, 1.807) is 0 Å². The molecule has 18 heavy (non-hydrogen) atoms. The fourth-order valence-electron chi connectivity index (χ4n) is 1.97. The Balaban J connectivity index is 2.36. The summed E-state index contributed by atoms with van der Waals surface area (Å²) in [4.78, 5) is 4.73. The van der Waals surface area contributed by atoms with Gasteiger partial charge in [-0.25, -0.2) is 4.98 Å². The van der Waals surface area contributed by atoms with E-state index in [-0.39, 0.29) is 0 Å². The highest BCUT2D eigenvalue weighted by molar-refractivity contribution is 6.30. The van der Waals surface area contributed by atoms with E-state index >= 15 is 0 Å². The summed E-state index contributed by atoms with van der Waals surface area (Å²) in [6.07, 6.45) is 0.948. The van der Waals surface area contributed by atoms with Crippen molar-refractivity contribution >= 4 is 11.6 Å². The van der Waals surface area contributed by atoms with Crippen LogP contribution >= 0.6 is 11.6 Å². The molecule has 0 radical (unpaired) electrons. The summed E-state index contributed by atoms with van der Waals surface area (Å²) in [5.74, 6) is 0.996. The molecule has 1 N–H and O–H groups in total. The fraction of sp³-hybridized carbons (Fsp3) is 0.357. The number of halogens is 1. The number of benzene rings is 1. The minimum absolute atomic E-state index is 0.750. The molecule has 0 aliphatic heterocycles. The van der Waals surface area contributed by atoms with Crippen LogP contribution in [0.25, 0.3) is 11.4 Å². The Morgan fingerprint density at radius 3 is 2.56 bits per heavy atom. The predicted molar refractivity (Wildman–Crippen MR) is 76.0 cm³/mol. The highest BCUT2D eigenvalue weighted by Crippen LogP contribution is 2.22. The number of nitrogens with zero attached hydrogens (tertiary/aromatic N) is 2.